The van der Waals surface area contributed by atoms with Crippen LogP contribution >= 0.6 is 0 Å². The second-order valence-electron chi connectivity index (χ2n) is 8.21. The van der Waals surface area contributed by atoms with E-state index in [0.717, 1.165) is 37.7 Å². The number of carbonyl (C=O) groups is 1. The highest BCUT2D eigenvalue weighted by Crippen LogP contribution is 2.32. The van der Waals surface area contributed by atoms with Crippen molar-refractivity contribution >= 4 is 11.6 Å². The first-order chi connectivity index (χ1) is 13.2. The van der Waals surface area contributed by atoms with Crippen molar-refractivity contribution in [1.29, 1.82) is 0 Å². The SMILES string of the molecule is CC1CCC(NC(=O)C(C)N2CCN(c3cccc(C(F)(F)F)c3)CC2)CC1. The zero-order valence-electron chi connectivity index (χ0n) is 16.6. The molecule has 1 heterocycles. The highest BCUT2D eigenvalue weighted by molar-refractivity contribution is 5.81. The van der Waals surface area contributed by atoms with Gasteiger partial charge in [-0.2, -0.15) is 13.2 Å². The van der Waals surface area contributed by atoms with Gasteiger partial charge in [-0.1, -0.05) is 13.0 Å². The molecule has 3 rings (SSSR count). The number of anilines is 1. The number of piperazine rings is 1. The average Bonchev–Trinajstić information content (AvgIpc) is 2.69. The van der Waals surface area contributed by atoms with E-state index in [1.165, 1.54) is 12.1 Å². The van der Waals surface area contributed by atoms with Crippen molar-refractivity contribution in [3.8, 4) is 0 Å². The molecule has 0 aromatic heterocycles. The minimum absolute atomic E-state index is 0.0621. The van der Waals surface area contributed by atoms with E-state index in [0.29, 0.717) is 31.9 Å². The maximum absolute atomic E-state index is 12.9. The van der Waals surface area contributed by atoms with Crippen molar-refractivity contribution in [3.63, 3.8) is 0 Å². The van der Waals surface area contributed by atoms with E-state index in [1.807, 2.05) is 11.8 Å². The molecule has 1 aliphatic heterocycles. The number of alkyl halides is 3. The van der Waals surface area contributed by atoms with Gasteiger partial charge in [0, 0.05) is 37.9 Å². The fourth-order valence-corrected chi connectivity index (χ4v) is 4.14. The van der Waals surface area contributed by atoms with Crippen LogP contribution in [0.4, 0.5) is 18.9 Å². The van der Waals surface area contributed by atoms with Gasteiger partial charge in [0.25, 0.3) is 0 Å². The Hall–Kier alpha value is -1.76. The molecule has 156 valence electrons. The van der Waals surface area contributed by atoms with Crippen molar-refractivity contribution in [2.75, 3.05) is 31.1 Å². The highest BCUT2D eigenvalue weighted by Gasteiger charge is 2.32. The lowest BCUT2D eigenvalue weighted by Gasteiger charge is -2.39. The van der Waals surface area contributed by atoms with Crippen LogP contribution in [0.15, 0.2) is 24.3 Å². The second-order valence-corrected chi connectivity index (χ2v) is 8.21. The van der Waals surface area contributed by atoms with E-state index in [9.17, 15) is 18.0 Å². The van der Waals surface area contributed by atoms with Crippen LogP contribution in [-0.2, 0) is 11.0 Å². The Morgan fingerprint density at radius 3 is 2.36 bits per heavy atom. The molecule has 0 bridgehead atoms. The molecular weight excluding hydrogens is 367 g/mol. The Balaban J connectivity index is 1.51. The second kappa shape index (κ2) is 8.72. The molecule has 1 saturated carbocycles. The largest absolute Gasteiger partial charge is 0.416 e. The third-order valence-electron chi connectivity index (χ3n) is 6.14. The van der Waals surface area contributed by atoms with Crippen LogP contribution in [0.2, 0.25) is 0 Å². The van der Waals surface area contributed by atoms with Crippen LogP contribution in [0.5, 0.6) is 0 Å². The van der Waals surface area contributed by atoms with Gasteiger partial charge in [-0.3, -0.25) is 9.69 Å². The summed E-state index contributed by atoms with van der Waals surface area (Å²) in [5.41, 5.74) is -0.0371. The summed E-state index contributed by atoms with van der Waals surface area (Å²) in [5, 5.41) is 3.18. The van der Waals surface area contributed by atoms with Crippen LogP contribution in [-0.4, -0.2) is 49.1 Å². The topological polar surface area (TPSA) is 35.6 Å². The van der Waals surface area contributed by atoms with Gasteiger partial charge in [-0.15, -0.1) is 0 Å². The van der Waals surface area contributed by atoms with Gasteiger partial charge in [0.05, 0.1) is 11.6 Å². The van der Waals surface area contributed by atoms with Crippen LogP contribution in [0.3, 0.4) is 0 Å². The Kier molecular flexibility index (Phi) is 6.53. The Morgan fingerprint density at radius 1 is 1.11 bits per heavy atom. The van der Waals surface area contributed by atoms with Crippen molar-refractivity contribution in [2.45, 2.75) is 57.8 Å². The van der Waals surface area contributed by atoms with Gasteiger partial charge in [-0.25, -0.2) is 0 Å². The molecule has 2 fully saturated rings. The van der Waals surface area contributed by atoms with Crippen LogP contribution in [0, 0.1) is 5.92 Å². The van der Waals surface area contributed by atoms with E-state index in [1.54, 1.807) is 6.07 Å². The molecule has 1 aliphatic carbocycles. The molecule has 0 spiro atoms. The molecule has 1 atom stereocenters. The zero-order chi connectivity index (χ0) is 20.3. The number of nitrogens with one attached hydrogen (secondary N) is 1. The van der Waals surface area contributed by atoms with E-state index < -0.39 is 11.7 Å². The Morgan fingerprint density at radius 2 is 1.75 bits per heavy atom. The van der Waals surface area contributed by atoms with Crippen molar-refractivity contribution in [3.05, 3.63) is 29.8 Å². The molecule has 28 heavy (non-hydrogen) atoms. The molecule has 1 N–H and O–H groups in total. The van der Waals surface area contributed by atoms with Gasteiger partial charge < -0.3 is 10.2 Å². The van der Waals surface area contributed by atoms with Gasteiger partial charge in [-0.05, 0) is 56.7 Å². The third kappa shape index (κ3) is 5.19. The lowest BCUT2D eigenvalue weighted by Crippen LogP contribution is -2.55. The summed E-state index contributed by atoms with van der Waals surface area (Å²) in [6.07, 6.45) is 0.0806. The molecule has 1 saturated heterocycles. The van der Waals surface area contributed by atoms with Gasteiger partial charge in [0.15, 0.2) is 0 Å². The number of rotatable bonds is 4. The van der Waals surface area contributed by atoms with Crippen LogP contribution in [0.25, 0.3) is 0 Å². The number of hydrogen-bond acceptors (Lipinski definition) is 3. The van der Waals surface area contributed by atoms with E-state index >= 15 is 0 Å². The van der Waals surface area contributed by atoms with Crippen molar-refractivity contribution in [1.82, 2.24) is 10.2 Å². The summed E-state index contributed by atoms with van der Waals surface area (Å²) in [6.45, 7) is 6.71. The van der Waals surface area contributed by atoms with Crippen LogP contribution < -0.4 is 10.2 Å². The number of nitrogens with zero attached hydrogens (tertiary/aromatic N) is 2. The van der Waals surface area contributed by atoms with E-state index in [2.05, 4.69) is 17.1 Å². The van der Waals surface area contributed by atoms with Crippen molar-refractivity contribution < 1.29 is 18.0 Å². The number of halogens is 3. The number of carbonyl (C=O) groups excluding carboxylic acids is 1. The minimum Gasteiger partial charge on any atom is -0.369 e. The van der Waals surface area contributed by atoms with Crippen molar-refractivity contribution in [2.24, 2.45) is 5.92 Å². The number of amides is 1. The summed E-state index contributed by atoms with van der Waals surface area (Å²) in [7, 11) is 0. The smallest absolute Gasteiger partial charge is 0.369 e. The Labute approximate surface area is 165 Å². The molecule has 1 unspecified atom stereocenters. The first-order valence-electron chi connectivity index (χ1n) is 10.2. The molecule has 1 aromatic rings. The maximum Gasteiger partial charge on any atom is 0.416 e. The fraction of sp³-hybridized carbons (Fsp3) is 0.667. The third-order valence-corrected chi connectivity index (χ3v) is 6.14. The quantitative estimate of drug-likeness (QED) is 0.837. The minimum atomic E-state index is -4.33. The maximum atomic E-state index is 12.9. The number of hydrogen-bond donors (Lipinski definition) is 1. The standard InChI is InChI=1S/C21H30F3N3O/c1-15-6-8-18(9-7-15)25-20(28)16(2)26-10-12-27(13-11-26)19-5-3-4-17(14-19)21(22,23)24/h3-5,14-16,18H,6-13H2,1-2H3,(H,25,28). The summed E-state index contributed by atoms with van der Waals surface area (Å²) < 4.78 is 38.8. The zero-order valence-corrected chi connectivity index (χ0v) is 16.6. The molecule has 0 radical (unpaired) electrons. The molecule has 4 nitrogen and oxygen atoms in total. The average molecular weight is 397 g/mol. The lowest BCUT2D eigenvalue weighted by molar-refractivity contribution is -0.137. The summed E-state index contributed by atoms with van der Waals surface area (Å²) in [4.78, 5) is 16.7. The summed E-state index contributed by atoms with van der Waals surface area (Å²) >= 11 is 0. The lowest BCUT2D eigenvalue weighted by atomic mass is 9.87. The highest BCUT2D eigenvalue weighted by atomic mass is 19.4. The predicted molar refractivity (Wildman–Crippen MR) is 104 cm³/mol. The fourth-order valence-electron chi connectivity index (χ4n) is 4.14. The predicted octanol–water partition coefficient (Wildman–Crippen LogP) is 3.91. The van der Waals surface area contributed by atoms with E-state index in [-0.39, 0.29) is 18.0 Å². The first kappa shape index (κ1) is 21.0. The van der Waals surface area contributed by atoms with Gasteiger partial charge >= 0.3 is 6.18 Å². The van der Waals surface area contributed by atoms with Gasteiger partial charge in [0.2, 0.25) is 5.91 Å². The molecule has 1 aromatic carbocycles. The Bertz CT molecular complexity index is 663. The summed E-state index contributed by atoms with van der Waals surface area (Å²) in [5.74, 6) is 0.807. The normalized spacial score (nSPS) is 25.4. The van der Waals surface area contributed by atoms with Crippen LogP contribution in [0.1, 0.15) is 45.1 Å². The van der Waals surface area contributed by atoms with E-state index in [4.69, 9.17) is 0 Å². The molecule has 1 amide bonds. The summed E-state index contributed by atoms with van der Waals surface area (Å²) in [6, 6.07) is 5.52. The molecule has 2 aliphatic rings. The number of benzene rings is 1. The molecular formula is C21H30F3N3O. The monoisotopic (exact) mass is 397 g/mol. The molecule has 7 heteroatoms. The van der Waals surface area contributed by atoms with Gasteiger partial charge in [0.1, 0.15) is 0 Å². The first-order valence-corrected chi connectivity index (χ1v) is 10.2.